The van der Waals surface area contributed by atoms with Crippen LogP contribution in [0.1, 0.15) is 239 Å². The van der Waals surface area contributed by atoms with E-state index in [1.54, 1.807) is 0 Å². The number of unbranched alkanes of at least 4 members (excludes halogenated alkanes) is 23. The molecule has 394 valence electrons. The molecule has 0 aliphatic heterocycles. The van der Waals surface area contributed by atoms with Gasteiger partial charge in [0.15, 0.2) is 6.10 Å². The van der Waals surface area contributed by atoms with E-state index in [0.29, 0.717) is 19.3 Å². The predicted octanol–water partition coefficient (Wildman–Crippen LogP) is 15.6. The molecule has 0 aliphatic rings. The van der Waals surface area contributed by atoms with Gasteiger partial charge in [-0.2, -0.15) is 0 Å². The van der Waals surface area contributed by atoms with Crippen molar-refractivity contribution in [1.29, 1.82) is 0 Å². The quantitative estimate of drug-likeness (QED) is 0.0197. The van der Waals surface area contributed by atoms with Crippen molar-refractivity contribution in [3.8, 4) is 0 Å². The number of aliphatic hydroxyl groups is 1. The lowest BCUT2D eigenvalue weighted by Crippen LogP contribution is -2.30. The number of aliphatic hydroxyl groups excluding tert-OH is 1. The van der Waals surface area contributed by atoms with Crippen LogP contribution < -0.4 is 0 Å². The Morgan fingerprint density at radius 2 is 0.779 bits per heavy atom. The van der Waals surface area contributed by atoms with Crippen molar-refractivity contribution in [2.75, 3.05) is 26.4 Å². The molecule has 0 aromatic heterocycles. The molecule has 0 heterocycles. The number of rotatable bonds is 50. The minimum Gasteiger partial charge on any atom is -0.462 e. The molecule has 0 fully saturated rings. The maximum absolute atomic E-state index is 12.9. The third kappa shape index (κ3) is 48.2. The second-order valence-electron chi connectivity index (χ2n) is 18.0. The van der Waals surface area contributed by atoms with Gasteiger partial charge in [-0.05, 0) is 96.3 Å². The summed E-state index contributed by atoms with van der Waals surface area (Å²) in [6.45, 7) is 4.44. The van der Waals surface area contributed by atoms with Gasteiger partial charge in [0.1, 0.15) is 12.7 Å². The molecule has 3 unspecified atom stereocenters. The first-order chi connectivity index (χ1) is 33.2. The van der Waals surface area contributed by atoms with E-state index in [2.05, 4.69) is 81.5 Å². The fourth-order valence-electron chi connectivity index (χ4n) is 7.23. The van der Waals surface area contributed by atoms with Gasteiger partial charge in [0.05, 0.1) is 19.8 Å². The number of carbonyl (C=O) groups excluding carboxylic acids is 3. The number of carbonyl (C=O) groups is 3. The first kappa shape index (κ1) is 65.2. The number of phosphoric acid groups is 1. The molecular formula is C56H99O11P. The monoisotopic (exact) mass is 979 g/mol. The number of hydrogen-bond donors (Lipinski definition) is 2. The van der Waals surface area contributed by atoms with Crippen molar-refractivity contribution in [1.82, 2.24) is 0 Å². The molecule has 0 aromatic rings. The van der Waals surface area contributed by atoms with Crippen LogP contribution >= 0.6 is 7.82 Å². The zero-order valence-corrected chi connectivity index (χ0v) is 44.2. The molecule has 0 bridgehead atoms. The smallest absolute Gasteiger partial charge is 0.462 e. The molecular weight excluding hydrogens is 880 g/mol. The van der Waals surface area contributed by atoms with Crippen LogP contribution in [-0.4, -0.2) is 66.5 Å². The van der Waals surface area contributed by atoms with E-state index in [1.807, 2.05) is 0 Å². The summed E-state index contributed by atoms with van der Waals surface area (Å²) in [5.41, 5.74) is 0. The van der Waals surface area contributed by atoms with Gasteiger partial charge in [0.2, 0.25) is 0 Å². The lowest BCUT2D eigenvalue weighted by molar-refractivity contribution is -0.161. The summed E-state index contributed by atoms with van der Waals surface area (Å²) in [4.78, 5) is 48.3. The average molecular weight is 979 g/mol. The minimum absolute atomic E-state index is 0.155. The number of hydrogen-bond acceptors (Lipinski definition) is 10. The lowest BCUT2D eigenvalue weighted by Gasteiger charge is -2.21. The number of allylic oxidation sites excluding steroid dienone is 10. The van der Waals surface area contributed by atoms with Crippen LogP contribution in [0.15, 0.2) is 60.8 Å². The molecule has 0 aliphatic carbocycles. The van der Waals surface area contributed by atoms with Gasteiger partial charge in [0, 0.05) is 19.3 Å². The second-order valence-corrected chi connectivity index (χ2v) is 19.5. The maximum atomic E-state index is 12.9. The normalized spacial score (nSPS) is 13.9. The van der Waals surface area contributed by atoms with Crippen LogP contribution in [0.3, 0.4) is 0 Å². The van der Waals surface area contributed by atoms with E-state index < -0.39 is 57.8 Å². The summed E-state index contributed by atoms with van der Waals surface area (Å²) in [6, 6.07) is 0. The fourth-order valence-corrected chi connectivity index (χ4v) is 8.01. The van der Waals surface area contributed by atoms with Gasteiger partial charge in [-0.1, -0.05) is 184 Å². The zero-order valence-electron chi connectivity index (χ0n) is 43.3. The molecule has 12 heteroatoms. The van der Waals surface area contributed by atoms with E-state index in [0.717, 1.165) is 109 Å². The Labute approximate surface area is 415 Å². The first-order valence-corrected chi connectivity index (χ1v) is 28.7. The summed E-state index contributed by atoms with van der Waals surface area (Å²) in [5.74, 6) is -1.51. The Morgan fingerprint density at radius 1 is 0.426 bits per heavy atom. The van der Waals surface area contributed by atoms with Gasteiger partial charge < -0.3 is 24.2 Å². The van der Waals surface area contributed by atoms with Crippen molar-refractivity contribution in [2.45, 2.75) is 251 Å². The highest BCUT2D eigenvalue weighted by atomic mass is 31.2. The van der Waals surface area contributed by atoms with E-state index in [4.69, 9.17) is 23.3 Å². The molecule has 0 rings (SSSR count). The molecule has 68 heavy (non-hydrogen) atoms. The Hall–Kier alpha value is -2.82. The highest BCUT2D eigenvalue weighted by molar-refractivity contribution is 7.47. The summed E-state index contributed by atoms with van der Waals surface area (Å²) >= 11 is 0. The van der Waals surface area contributed by atoms with Crippen molar-refractivity contribution in [2.24, 2.45) is 0 Å². The fraction of sp³-hybridized carbons (Fsp3) is 0.768. The van der Waals surface area contributed by atoms with E-state index in [9.17, 15) is 28.9 Å². The van der Waals surface area contributed by atoms with E-state index in [-0.39, 0.29) is 25.9 Å². The van der Waals surface area contributed by atoms with Crippen LogP contribution in [0.25, 0.3) is 0 Å². The molecule has 0 spiro atoms. The van der Waals surface area contributed by atoms with Gasteiger partial charge in [-0.25, -0.2) is 4.57 Å². The third-order valence-corrected chi connectivity index (χ3v) is 12.3. The van der Waals surface area contributed by atoms with Gasteiger partial charge in [-0.3, -0.25) is 23.4 Å². The molecule has 11 nitrogen and oxygen atoms in total. The molecule has 2 N–H and O–H groups in total. The van der Waals surface area contributed by atoms with Gasteiger partial charge >= 0.3 is 25.7 Å². The van der Waals surface area contributed by atoms with Crippen molar-refractivity contribution in [3.05, 3.63) is 60.8 Å². The highest BCUT2D eigenvalue weighted by Crippen LogP contribution is 2.43. The van der Waals surface area contributed by atoms with Crippen molar-refractivity contribution < 1.29 is 52.2 Å². The first-order valence-electron chi connectivity index (χ1n) is 27.2. The molecule has 0 amide bonds. The lowest BCUT2D eigenvalue weighted by atomic mass is 10.1. The number of ether oxygens (including phenoxy) is 3. The molecule has 0 saturated heterocycles. The van der Waals surface area contributed by atoms with E-state index in [1.165, 1.54) is 70.6 Å². The Bertz CT molecular complexity index is 1370. The number of phosphoric ester groups is 1. The summed E-state index contributed by atoms with van der Waals surface area (Å²) in [7, 11) is -4.75. The van der Waals surface area contributed by atoms with Crippen LogP contribution in [0, 0.1) is 0 Å². The van der Waals surface area contributed by atoms with E-state index >= 15 is 0 Å². The Morgan fingerprint density at radius 3 is 1.25 bits per heavy atom. The average Bonchev–Trinajstić information content (AvgIpc) is 3.32. The maximum Gasteiger partial charge on any atom is 0.472 e. The topological polar surface area (TPSA) is 155 Å². The summed E-state index contributed by atoms with van der Waals surface area (Å²) in [6.07, 6.45) is 53.3. The molecule has 0 aromatic carbocycles. The Kier molecular flexibility index (Phi) is 48.5. The predicted molar refractivity (Wildman–Crippen MR) is 279 cm³/mol. The van der Waals surface area contributed by atoms with Crippen LogP contribution in [0.4, 0.5) is 0 Å². The standard InChI is InChI=1S/C56H99O11P/c1-4-7-10-13-16-19-22-24-25-26-27-29-32-35-38-41-44-47-56(60)67-53(49-63-54(58)45-42-39-36-33-31-28-23-20-17-14-11-8-5-2)51-65-68(61,62)64-50-52(48-57)66-55(59)46-43-40-37-34-30-21-18-15-12-9-6-3/h8,11,15,17-18,20,24-25,28,31,52-53,57H,4-7,9-10,12-14,16,19,21-23,26-27,29-30,32-51H2,1-3H3,(H,61,62)/b11-8-,18-15-,20-17-,25-24-,31-28-. The molecule has 0 radical (unpaired) electrons. The zero-order chi connectivity index (χ0) is 49.9. The summed E-state index contributed by atoms with van der Waals surface area (Å²) < 4.78 is 39.4. The van der Waals surface area contributed by atoms with Crippen LogP contribution in [0.2, 0.25) is 0 Å². The summed E-state index contributed by atoms with van der Waals surface area (Å²) in [5, 5.41) is 9.77. The SMILES string of the molecule is CC/C=C\C/C=C\C/C=C\CCCCCC(=O)OCC(COP(=O)(O)OCC(CO)OC(=O)CCCCCCC/C=C\CCCC)OC(=O)CCCCCCCCC/C=C\CCCCCCCC. The van der Waals surface area contributed by atoms with Crippen molar-refractivity contribution in [3.63, 3.8) is 0 Å². The van der Waals surface area contributed by atoms with Crippen LogP contribution in [-0.2, 0) is 42.2 Å². The van der Waals surface area contributed by atoms with Gasteiger partial charge in [0.25, 0.3) is 0 Å². The minimum atomic E-state index is -4.75. The van der Waals surface area contributed by atoms with Crippen LogP contribution in [0.5, 0.6) is 0 Å². The van der Waals surface area contributed by atoms with Crippen molar-refractivity contribution >= 4 is 25.7 Å². The molecule has 3 atom stereocenters. The third-order valence-electron chi connectivity index (χ3n) is 11.4. The molecule has 0 saturated carbocycles. The largest absolute Gasteiger partial charge is 0.472 e. The second kappa shape index (κ2) is 50.6. The van der Waals surface area contributed by atoms with Gasteiger partial charge in [-0.15, -0.1) is 0 Å². The number of esters is 3. The Balaban J connectivity index is 4.77. The highest BCUT2D eigenvalue weighted by Gasteiger charge is 2.28.